The Balaban J connectivity index is 1.92. The van der Waals surface area contributed by atoms with Gasteiger partial charge in [0.15, 0.2) is 0 Å². The zero-order valence-electron chi connectivity index (χ0n) is 9.59. The smallest absolute Gasteiger partial charge is 0.126 e. The summed E-state index contributed by atoms with van der Waals surface area (Å²) in [5.41, 5.74) is 1.17. The fraction of sp³-hybridized carbons (Fsp3) is 0.333. The zero-order valence-corrected chi connectivity index (χ0v) is 9.59. The van der Waals surface area contributed by atoms with Gasteiger partial charge < -0.3 is 5.32 Å². The van der Waals surface area contributed by atoms with E-state index in [1.165, 1.54) is 5.56 Å². The van der Waals surface area contributed by atoms with Gasteiger partial charge in [0.2, 0.25) is 0 Å². The van der Waals surface area contributed by atoms with Gasteiger partial charge in [-0.15, -0.1) is 0 Å². The van der Waals surface area contributed by atoms with E-state index in [4.69, 9.17) is 0 Å². The molecule has 2 aromatic heterocycles. The molecule has 2 aromatic rings. The van der Waals surface area contributed by atoms with Crippen LogP contribution in [0.3, 0.4) is 0 Å². The average Bonchev–Trinajstić information content (AvgIpc) is 2.74. The zero-order chi connectivity index (χ0) is 11.4. The van der Waals surface area contributed by atoms with E-state index in [0.29, 0.717) is 6.04 Å². The molecule has 0 saturated carbocycles. The molecular formula is C12H16N4. The van der Waals surface area contributed by atoms with Crippen molar-refractivity contribution in [3.05, 3.63) is 42.4 Å². The van der Waals surface area contributed by atoms with Crippen LogP contribution in [0.1, 0.15) is 12.5 Å². The first-order chi connectivity index (χ1) is 7.74. The average molecular weight is 216 g/mol. The van der Waals surface area contributed by atoms with Crippen LogP contribution in [0.15, 0.2) is 36.8 Å². The van der Waals surface area contributed by atoms with Crippen molar-refractivity contribution in [1.82, 2.24) is 14.8 Å². The molecular weight excluding hydrogens is 200 g/mol. The summed E-state index contributed by atoms with van der Waals surface area (Å²) >= 11 is 0. The van der Waals surface area contributed by atoms with Crippen molar-refractivity contribution in [2.75, 3.05) is 5.32 Å². The summed E-state index contributed by atoms with van der Waals surface area (Å²) in [7, 11) is 0. The number of nitrogens with one attached hydrogen (secondary N) is 1. The van der Waals surface area contributed by atoms with Crippen LogP contribution in [-0.2, 0) is 6.54 Å². The number of anilines is 1. The van der Waals surface area contributed by atoms with Gasteiger partial charge in [0.05, 0.1) is 6.54 Å². The molecule has 1 N–H and O–H groups in total. The normalized spacial score (nSPS) is 12.4. The number of nitrogens with zero attached hydrogens (tertiary/aromatic N) is 3. The van der Waals surface area contributed by atoms with Gasteiger partial charge in [0.1, 0.15) is 5.82 Å². The van der Waals surface area contributed by atoms with Crippen molar-refractivity contribution in [2.45, 2.75) is 26.4 Å². The van der Waals surface area contributed by atoms with Gasteiger partial charge >= 0.3 is 0 Å². The lowest BCUT2D eigenvalue weighted by molar-refractivity contribution is 0.560. The van der Waals surface area contributed by atoms with Crippen LogP contribution in [0.5, 0.6) is 0 Å². The molecule has 16 heavy (non-hydrogen) atoms. The van der Waals surface area contributed by atoms with E-state index >= 15 is 0 Å². The molecule has 4 heteroatoms. The van der Waals surface area contributed by atoms with Gasteiger partial charge in [0.25, 0.3) is 0 Å². The van der Waals surface area contributed by atoms with E-state index in [1.54, 1.807) is 6.20 Å². The van der Waals surface area contributed by atoms with Crippen molar-refractivity contribution in [3.63, 3.8) is 0 Å². The third-order valence-corrected chi connectivity index (χ3v) is 2.33. The first kappa shape index (κ1) is 10.7. The quantitative estimate of drug-likeness (QED) is 0.851. The SMILES string of the molecule is Cc1ccc(NC(C)Cn2cccn2)nc1. The van der Waals surface area contributed by atoms with Gasteiger partial charge in [-0.3, -0.25) is 4.68 Å². The highest BCUT2D eigenvalue weighted by Gasteiger charge is 2.03. The number of aromatic nitrogens is 3. The van der Waals surface area contributed by atoms with Crippen molar-refractivity contribution in [2.24, 2.45) is 0 Å². The molecule has 2 heterocycles. The van der Waals surface area contributed by atoms with Gasteiger partial charge in [-0.05, 0) is 31.5 Å². The van der Waals surface area contributed by atoms with Crippen LogP contribution in [0.25, 0.3) is 0 Å². The first-order valence-corrected chi connectivity index (χ1v) is 5.40. The van der Waals surface area contributed by atoms with Crippen LogP contribution in [-0.4, -0.2) is 20.8 Å². The Kier molecular flexibility index (Phi) is 3.19. The molecule has 0 aliphatic carbocycles. The molecule has 0 aliphatic heterocycles. The maximum absolute atomic E-state index is 4.31. The maximum Gasteiger partial charge on any atom is 0.126 e. The highest BCUT2D eigenvalue weighted by molar-refractivity contribution is 5.35. The molecule has 0 saturated heterocycles. The molecule has 0 bridgehead atoms. The van der Waals surface area contributed by atoms with Gasteiger partial charge in [-0.2, -0.15) is 5.10 Å². The van der Waals surface area contributed by atoms with E-state index in [-0.39, 0.29) is 0 Å². The van der Waals surface area contributed by atoms with Crippen molar-refractivity contribution in [1.29, 1.82) is 0 Å². The van der Waals surface area contributed by atoms with Crippen LogP contribution in [0.4, 0.5) is 5.82 Å². The van der Waals surface area contributed by atoms with E-state index in [2.05, 4.69) is 28.4 Å². The van der Waals surface area contributed by atoms with Crippen LogP contribution in [0.2, 0.25) is 0 Å². The lowest BCUT2D eigenvalue weighted by Crippen LogP contribution is -2.22. The van der Waals surface area contributed by atoms with Gasteiger partial charge in [0, 0.05) is 24.6 Å². The lowest BCUT2D eigenvalue weighted by Gasteiger charge is -2.14. The lowest BCUT2D eigenvalue weighted by atomic mass is 10.3. The first-order valence-electron chi connectivity index (χ1n) is 5.40. The number of hydrogen-bond acceptors (Lipinski definition) is 3. The highest BCUT2D eigenvalue weighted by Crippen LogP contribution is 2.06. The van der Waals surface area contributed by atoms with Crippen molar-refractivity contribution in [3.8, 4) is 0 Å². The highest BCUT2D eigenvalue weighted by atomic mass is 15.3. The Morgan fingerprint density at radius 1 is 1.44 bits per heavy atom. The molecule has 0 fully saturated rings. The second-order valence-electron chi connectivity index (χ2n) is 3.99. The molecule has 0 amide bonds. The second-order valence-corrected chi connectivity index (χ2v) is 3.99. The molecule has 0 spiro atoms. The molecule has 1 atom stereocenters. The van der Waals surface area contributed by atoms with Gasteiger partial charge in [-0.1, -0.05) is 6.07 Å². The Bertz CT molecular complexity index is 419. The van der Waals surface area contributed by atoms with E-state index in [9.17, 15) is 0 Å². The summed E-state index contributed by atoms with van der Waals surface area (Å²) in [6, 6.07) is 6.27. The van der Waals surface area contributed by atoms with E-state index in [1.807, 2.05) is 36.1 Å². The Morgan fingerprint density at radius 3 is 2.94 bits per heavy atom. The predicted octanol–water partition coefficient (Wildman–Crippen LogP) is 2.09. The summed E-state index contributed by atoms with van der Waals surface area (Å²) < 4.78 is 1.91. The summed E-state index contributed by atoms with van der Waals surface area (Å²) in [4.78, 5) is 4.31. The van der Waals surface area contributed by atoms with E-state index in [0.717, 1.165) is 12.4 Å². The summed E-state index contributed by atoms with van der Waals surface area (Å²) in [5.74, 6) is 0.908. The largest absolute Gasteiger partial charge is 0.366 e. The molecule has 0 aromatic carbocycles. The summed E-state index contributed by atoms with van der Waals surface area (Å²) in [6.07, 6.45) is 5.61. The Hall–Kier alpha value is -1.84. The van der Waals surface area contributed by atoms with Crippen molar-refractivity contribution >= 4 is 5.82 Å². The van der Waals surface area contributed by atoms with E-state index < -0.39 is 0 Å². The minimum atomic E-state index is 0.301. The third kappa shape index (κ3) is 2.82. The Morgan fingerprint density at radius 2 is 2.31 bits per heavy atom. The summed E-state index contributed by atoms with van der Waals surface area (Å²) in [6.45, 7) is 4.98. The minimum absolute atomic E-state index is 0.301. The Labute approximate surface area is 95.3 Å². The van der Waals surface area contributed by atoms with Crippen LogP contribution < -0.4 is 5.32 Å². The fourth-order valence-electron chi connectivity index (χ4n) is 1.54. The number of rotatable bonds is 4. The maximum atomic E-state index is 4.31. The molecule has 0 radical (unpaired) electrons. The van der Waals surface area contributed by atoms with Crippen LogP contribution in [0, 0.1) is 6.92 Å². The molecule has 84 valence electrons. The standard InChI is InChI=1S/C12H16N4/c1-10-4-5-12(13-8-10)15-11(2)9-16-7-3-6-14-16/h3-8,11H,9H2,1-2H3,(H,13,15). The molecule has 0 aliphatic rings. The number of aryl methyl sites for hydroxylation is 1. The number of hydrogen-bond donors (Lipinski definition) is 1. The predicted molar refractivity (Wildman–Crippen MR) is 64.3 cm³/mol. The van der Waals surface area contributed by atoms with Gasteiger partial charge in [-0.25, -0.2) is 4.98 Å². The fourth-order valence-corrected chi connectivity index (χ4v) is 1.54. The second kappa shape index (κ2) is 4.79. The van der Waals surface area contributed by atoms with Crippen LogP contribution >= 0.6 is 0 Å². The monoisotopic (exact) mass is 216 g/mol. The molecule has 1 unspecified atom stereocenters. The van der Waals surface area contributed by atoms with Crippen molar-refractivity contribution < 1.29 is 0 Å². The number of pyridine rings is 1. The molecule has 2 rings (SSSR count). The minimum Gasteiger partial charge on any atom is -0.366 e. The third-order valence-electron chi connectivity index (χ3n) is 2.33. The topological polar surface area (TPSA) is 42.7 Å². The summed E-state index contributed by atoms with van der Waals surface area (Å²) in [5, 5.41) is 7.50. The molecule has 4 nitrogen and oxygen atoms in total.